The van der Waals surface area contributed by atoms with Gasteiger partial charge in [-0.05, 0) is 18.6 Å². The smallest absolute Gasteiger partial charge is 0.221 e. The first-order chi connectivity index (χ1) is 8.24. The average molecular weight is 224 g/mol. The van der Waals surface area contributed by atoms with E-state index in [1.54, 1.807) is 13.2 Å². The summed E-state index contributed by atoms with van der Waals surface area (Å²) in [5.74, 6) is 0.537. The van der Waals surface area contributed by atoms with Crippen LogP contribution in [-0.2, 0) is 0 Å². The average Bonchev–Trinajstić information content (AvgIpc) is 2.38. The summed E-state index contributed by atoms with van der Waals surface area (Å²) in [6.45, 7) is 2.03. The molecule has 0 N–H and O–H groups in total. The highest BCUT2D eigenvalue weighted by Crippen LogP contribution is 2.29. The van der Waals surface area contributed by atoms with Crippen molar-refractivity contribution in [3.8, 4) is 23.1 Å². The minimum Gasteiger partial charge on any atom is -0.481 e. The first-order valence-corrected chi connectivity index (χ1v) is 5.26. The lowest BCUT2D eigenvalue weighted by Crippen LogP contribution is -1.93. The zero-order chi connectivity index (χ0) is 12.3. The number of rotatable bonds is 2. The molecule has 0 fully saturated rings. The van der Waals surface area contributed by atoms with E-state index in [0.29, 0.717) is 11.4 Å². The molecule has 2 rings (SSSR count). The van der Waals surface area contributed by atoms with Crippen molar-refractivity contribution in [1.29, 1.82) is 5.26 Å². The zero-order valence-electron chi connectivity index (χ0n) is 9.77. The topological polar surface area (TPSA) is 45.9 Å². The summed E-state index contributed by atoms with van der Waals surface area (Å²) in [5.41, 5.74) is 3.54. The van der Waals surface area contributed by atoms with Crippen LogP contribution in [0.1, 0.15) is 11.1 Å². The second-order valence-electron chi connectivity index (χ2n) is 3.76. The van der Waals surface area contributed by atoms with Crippen molar-refractivity contribution < 1.29 is 4.74 Å². The summed E-state index contributed by atoms with van der Waals surface area (Å²) in [6, 6.07) is 11.9. The number of methoxy groups -OCH3 is 1. The molecule has 2 aromatic rings. The Morgan fingerprint density at radius 3 is 2.76 bits per heavy atom. The third kappa shape index (κ3) is 2.26. The fraction of sp³-hybridized carbons (Fsp3) is 0.143. The van der Waals surface area contributed by atoms with Crippen LogP contribution < -0.4 is 4.74 Å². The molecule has 1 aromatic carbocycles. The van der Waals surface area contributed by atoms with Crippen LogP contribution in [-0.4, -0.2) is 12.1 Å². The molecule has 84 valence electrons. The minimum atomic E-state index is 0.530. The Morgan fingerprint density at radius 1 is 1.29 bits per heavy atom. The highest BCUT2D eigenvalue weighted by molar-refractivity contribution is 5.70. The molecule has 0 spiro atoms. The van der Waals surface area contributed by atoms with Crippen LogP contribution in [0.15, 0.2) is 36.5 Å². The zero-order valence-corrected chi connectivity index (χ0v) is 9.77. The van der Waals surface area contributed by atoms with Crippen molar-refractivity contribution in [1.82, 2.24) is 4.98 Å². The fourth-order valence-electron chi connectivity index (χ4n) is 1.70. The maximum Gasteiger partial charge on any atom is 0.221 e. The first-order valence-electron chi connectivity index (χ1n) is 5.26. The van der Waals surface area contributed by atoms with Crippen molar-refractivity contribution in [3.05, 3.63) is 47.7 Å². The minimum absolute atomic E-state index is 0.530. The molecule has 1 heterocycles. The van der Waals surface area contributed by atoms with Crippen LogP contribution in [0.25, 0.3) is 11.1 Å². The molecule has 0 aliphatic heterocycles. The lowest BCUT2D eigenvalue weighted by atomic mass is 10.0. The number of nitrogens with zero attached hydrogens (tertiary/aromatic N) is 2. The Morgan fingerprint density at radius 2 is 2.12 bits per heavy atom. The van der Waals surface area contributed by atoms with Gasteiger partial charge in [0.15, 0.2) is 0 Å². The van der Waals surface area contributed by atoms with Gasteiger partial charge in [-0.2, -0.15) is 5.26 Å². The number of pyridine rings is 1. The number of aryl methyl sites for hydroxylation is 1. The van der Waals surface area contributed by atoms with E-state index in [-0.39, 0.29) is 0 Å². The molecule has 0 unspecified atom stereocenters. The Balaban J connectivity index is 2.61. The molecular formula is C14H12N2O. The summed E-state index contributed by atoms with van der Waals surface area (Å²) in [4.78, 5) is 4.13. The Labute approximate surface area is 100 Å². The maximum atomic E-state index is 8.90. The molecule has 0 radical (unpaired) electrons. The second-order valence-corrected chi connectivity index (χ2v) is 3.76. The van der Waals surface area contributed by atoms with Crippen LogP contribution in [0.3, 0.4) is 0 Å². The van der Waals surface area contributed by atoms with E-state index in [9.17, 15) is 0 Å². The molecule has 0 aliphatic carbocycles. The van der Waals surface area contributed by atoms with Crippen molar-refractivity contribution >= 4 is 0 Å². The highest BCUT2D eigenvalue weighted by Gasteiger charge is 2.08. The Hall–Kier alpha value is -2.34. The third-order valence-corrected chi connectivity index (χ3v) is 2.50. The van der Waals surface area contributed by atoms with Crippen molar-refractivity contribution in [2.75, 3.05) is 7.11 Å². The molecule has 0 aliphatic rings. The molecule has 3 heteroatoms. The molecule has 0 amide bonds. The van der Waals surface area contributed by atoms with Gasteiger partial charge < -0.3 is 4.74 Å². The van der Waals surface area contributed by atoms with Gasteiger partial charge in [-0.15, -0.1) is 0 Å². The number of hydrogen-bond donors (Lipinski definition) is 0. The summed E-state index contributed by atoms with van der Waals surface area (Å²) >= 11 is 0. The van der Waals surface area contributed by atoms with Gasteiger partial charge in [0.2, 0.25) is 5.88 Å². The fourth-order valence-corrected chi connectivity index (χ4v) is 1.70. The molecular weight excluding hydrogens is 212 g/mol. The number of ether oxygens (including phenoxy) is 1. The largest absolute Gasteiger partial charge is 0.481 e. The summed E-state index contributed by atoms with van der Waals surface area (Å²) < 4.78 is 5.22. The number of nitriles is 1. The predicted octanol–water partition coefficient (Wildman–Crippen LogP) is 2.94. The number of aromatic nitrogens is 1. The lowest BCUT2D eigenvalue weighted by Gasteiger charge is -2.08. The van der Waals surface area contributed by atoms with E-state index < -0.39 is 0 Å². The van der Waals surface area contributed by atoms with Crippen molar-refractivity contribution in [3.63, 3.8) is 0 Å². The number of hydrogen-bond acceptors (Lipinski definition) is 3. The van der Waals surface area contributed by atoms with Crippen molar-refractivity contribution in [2.24, 2.45) is 0 Å². The van der Waals surface area contributed by atoms with Gasteiger partial charge in [0.05, 0.1) is 12.7 Å². The second kappa shape index (κ2) is 4.67. The van der Waals surface area contributed by atoms with Crippen molar-refractivity contribution in [2.45, 2.75) is 6.92 Å². The van der Waals surface area contributed by atoms with Crippen LogP contribution in [0.2, 0.25) is 0 Å². The number of benzene rings is 1. The molecule has 17 heavy (non-hydrogen) atoms. The van der Waals surface area contributed by atoms with E-state index >= 15 is 0 Å². The molecule has 0 saturated carbocycles. The first kappa shape index (κ1) is 11.2. The van der Waals surface area contributed by atoms with Gasteiger partial charge in [0, 0.05) is 11.8 Å². The van der Waals surface area contributed by atoms with Crippen LogP contribution >= 0.6 is 0 Å². The molecule has 1 aromatic heterocycles. The van der Waals surface area contributed by atoms with Gasteiger partial charge >= 0.3 is 0 Å². The maximum absolute atomic E-state index is 8.90. The monoisotopic (exact) mass is 224 g/mol. The van der Waals surface area contributed by atoms with E-state index in [4.69, 9.17) is 10.00 Å². The quantitative estimate of drug-likeness (QED) is 0.787. The van der Waals surface area contributed by atoms with Crippen LogP contribution in [0, 0.1) is 18.3 Å². The molecule has 3 nitrogen and oxygen atoms in total. The SMILES string of the molecule is COc1ncc(C#N)cc1-c1cccc(C)c1. The summed E-state index contributed by atoms with van der Waals surface area (Å²) in [7, 11) is 1.58. The standard InChI is InChI=1S/C14H12N2O/c1-10-4-3-5-12(6-10)13-7-11(8-15)9-16-14(13)17-2/h3-7,9H,1-2H3. The summed E-state index contributed by atoms with van der Waals surface area (Å²) in [5, 5.41) is 8.90. The Bertz CT molecular complexity index is 585. The Kier molecular flexibility index (Phi) is 3.06. The summed E-state index contributed by atoms with van der Waals surface area (Å²) in [6.07, 6.45) is 1.51. The molecule has 0 saturated heterocycles. The van der Waals surface area contributed by atoms with Gasteiger partial charge in [-0.1, -0.05) is 29.8 Å². The van der Waals surface area contributed by atoms with E-state index in [2.05, 4.69) is 11.1 Å². The molecule has 0 bridgehead atoms. The van der Waals surface area contributed by atoms with Crippen LogP contribution in [0.5, 0.6) is 5.88 Å². The molecule has 0 atom stereocenters. The third-order valence-electron chi connectivity index (χ3n) is 2.50. The van der Waals surface area contributed by atoms with Gasteiger partial charge in [0.25, 0.3) is 0 Å². The van der Waals surface area contributed by atoms with Gasteiger partial charge in [0.1, 0.15) is 6.07 Å². The van der Waals surface area contributed by atoms with E-state index in [1.165, 1.54) is 6.20 Å². The highest BCUT2D eigenvalue weighted by atomic mass is 16.5. The van der Waals surface area contributed by atoms with E-state index in [1.807, 2.05) is 31.2 Å². The van der Waals surface area contributed by atoms with Crippen LogP contribution in [0.4, 0.5) is 0 Å². The predicted molar refractivity (Wildman–Crippen MR) is 65.7 cm³/mol. The van der Waals surface area contributed by atoms with E-state index in [0.717, 1.165) is 16.7 Å². The normalized spacial score (nSPS) is 9.71. The lowest BCUT2D eigenvalue weighted by molar-refractivity contribution is 0.399. The van der Waals surface area contributed by atoms with Gasteiger partial charge in [-0.25, -0.2) is 4.98 Å². The van der Waals surface area contributed by atoms with Gasteiger partial charge in [-0.3, -0.25) is 0 Å².